The SMILES string of the molecule is COc1cccc(Nc2cc(Nc3cccc(NC(=O)C4CC4)c3)nc(C)n2)c1. The topological polar surface area (TPSA) is 88.2 Å². The summed E-state index contributed by atoms with van der Waals surface area (Å²) in [5, 5.41) is 9.52. The molecule has 4 rings (SSSR count). The number of benzene rings is 2. The summed E-state index contributed by atoms with van der Waals surface area (Å²) in [5.41, 5.74) is 2.48. The number of ether oxygens (including phenoxy) is 1. The van der Waals surface area contributed by atoms with E-state index in [0.29, 0.717) is 17.5 Å². The molecule has 1 fully saturated rings. The van der Waals surface area contributed by atoms with E-state index >= 15 is 0 Å². The van der Waals surface area contributed by atoms with Gasteiger partial charge in [-0.3, -0.25) is 4.79 Å². The van der Waals surface area contributed by atoms with Crippen molar-refractivity contribution in [2.24, 2.45) is 5.92 Å². The minimum absolute atomic E-state index is 0.0878. The molecule has 0 bridgehead atoms. The fraction of sp³-hybridized carbons (Fsp3) is 0.227. The van der Waals surface area contributed by atoms with Crippen LogP contribution in [0.25, 0.3) is 0 Å². The van der Waals surface area contributed by atoms with E-state index in [2.05, 4.69) is 25.9 Å². The molecule has 3 N–H and O–H groups in total. The van der Waals surface area contributed by atoms with Crippen LogP contribution >= 0.6 is 0 Å². The molecule has 2 aromatic carbocycles. The first-order chi connectivity index (χ1) is 14.1. The molecule has 1 aromatic heterocycles. The summed E-state index contributed by atoms with van der Waals surface area (Å²) in [5.74, 6) is 2.99. The number of methoxy groups -OCH3 is 1. The molecule has 1 saturated carbocycles. The van der Waals surface area contributed by atoms with Crippen LogP contribution in [0.3, 0.4) is 0 Å². The van der Waals surface area contributed by atoms with Crippen molar-refractivity contribution in [1.29, 1.82) is 0 Å². The molecule has 3 aromatic rings. The number of hydrogen-bond acceptors (Lipinski definition) is 6. The molecule has 0 saturated heterocycles. The van der Waals surface area contributed by atoms with Crippen LogP contribution in [0.4, 0.5) is 28.7 Å². The Balaban J connectivity index is 1.49. The van der Waals surface area contributed by atoms with E-state index < -0.39 is 0 Å². The van der Waals surface area contributed by atoms with Gasteiger partial charge in [0.1, 0.15) is 23.2 Å². The minimum Gasteiger partial charge on any atom is -0.497 e. The molecule has 0 radical (unpaired) electrons. The van der Waals surface area contributed by atoms with Gasteiger partial charge in [-0.2, -0.15) is 0 Å². The van der Waals surface area contributed by atoms with Gasteiger partial charge in [0.25, 0.3) is 0 Å². The lowest BCUT2D eigenvalue weighted by molar-refractivity contribution is -0.117. The van der Waals surface area contributed by atoms with Gasteiger partial charge in [0.15, 0.2) is 0 Å². The van der Waals surface area contributed by atoms with E-state index in [-0.39, 0.29) is 11.8 Å². The van der Waals surface area contributed by atoms with Crippen molar-refractivity contribution < 1.29 is 9.53 Å². The van der Waals surface area contributed by atoms with Crippen molar-refractivity contribution in [3.63, 3.8) is 0 Å². The molecule has 0 spiro atoms. The van der Waals surface area contributed by atoms with Gasteiger partial charge in [0.2, 0.25) is 5.91 Å². The summed E-state index contributed by atoms with van der Waals surface area (Å²) in [6.07, 6.45) is 1.96. The number of aromatic nitrogens is 2. The van der Waals surface area contributed by atoms with Crippen molar-refractivity contribution in [2.45, 2.75) is 19.8 Å². The van der Waals surface area contributed by atoms with Crippen LogP contribution in [-0.2, 0) is 4.79 Å². The van der Waals surface area contributed by atoms with E-state index in [1.807, 2.05) is 61.5 Å². The summed E-state index contributed by atoms with van der Waals surface area (Å²) in [7, 11) is 1.64. The molecule has 0 unspecified atom stereocenters. The molecule has 1 aliphatic rings. The van der Waals surface area contributed by atoms with Crippen LogP contribution in [-0.4, -0.2) is 23.0 Å². The standard InChI is InChI=1S/C22H23N5O2/c1-14-23-20(13-21(24-14)26-18-7-4-8-19(12-18)29-2)25-16-5-3-6-17(11-16)27-22(28)15-9-10-15/h3-8,11-13,15H,9-10H2,1-2H3,(H,27,28)(H2,23,24,25,26). The first kappa shape index (κ1) is 18.7. The molecule has 148 valence electrons. The molecular weight excluding hydrogens is 366 g/mol. The Kier molecular flexibility index (Phi) is 5.29. The highest BCUT2D eigenvalue weighted by Gasteiger charge is 2.29. The lowest BCUT2D eigenvalue weighted by Gasteiger charge is -2.12. The quantitative estimate of drug-likeness (QED) is 0.546. The van der Waals surface area contributed by atoms with Crippen LogP contribution in [0, 0.1) is 12.8 Å². The van der Waals surface area contributed by atoms with Gasteiger partial charge < -0.3 is 20.7 Å². The van der Waals surface area contributed by atoms with Gasteiger partial charge in [-0.15, -0.1) is 0 Å². The van der Waals surface area contributed by atoms with Gasteiger partial charge in [0, 0.05) is 35.1 Å². The highest BCUT2D eigenvalue weighted by Crippen LogP contribution is 2.30. The number of hydrogen-bond donors (Lipinski definition) is 3. The van der Waals surface area contributed by atoms with Crippen LogP contribution in [0.2, 0.25) is 0 Å². The molecule has 1 heterocycles. The summed E-state index contributed by atoms with van der Waals surface area (Å²) >= 11 is 0. The van der Waals surface area contributed by atoms with Crippen molar-refractivity contribution in [2.75, 3.05) is 23.1 Å². The second kappa shape index (κ2) is 8.18. The fourth-order valence-corrected chi connectivity index (χ4v) is 2.96. The third kappa shape index (κ3) is 5.01. The maximum Gasteiger partial charge on any atom is 0.227 e. The fourth-order valence-electron chi connectivity index (χ4n) is 2.96. The van der Waals surface area contributed by atoms with Gasteiger partial charge in [0.05, 0.1) is 7.11 Å². The number of carbonyl (C=O) groups excluding carboxylic acids is 1. The van der Waals surface area contributed by atoms with E-state index in [0.717, 1.165) is 35.7 Å². The van der Waals surface area contributed by atoms with Gasteiger partial charge in [-0.25, -0.2) is 9.97 Å². The number of carbonyl (C=O) groups is 1. The first-order valence-electron chi connectivity index (χ1n) is 9.54. The number of anilines is 5. The molecule has 7 nitrogen and oxygen atoms in total. The number of aryl methyl sites for hydroxylation is 1. The molecule has 29 heavy (non-hydrogen) atoms. The van der Waals surface area contributed by atoms with Crippen molar-refractivity contribution >= 4 is 34.6 Å². The average Bonchev–Trinajstić information content (AvgIpc) is 3.53. The maximum atomic E-state index is 12.0. The lowest BCUT2D eigenvalue weighted by atomic mass is 10.2. The van der Waals surface area contributed by atoms with E-state index in [1.165, 1.54) is 0 Å². The van der Waals surface area contributed by atoms with Crippen LogP contribution in [0.5, 0.6) is 5.75 Å². The monoisotopic (exact) mass is 389 g/mol. The van der Waals surface area contributed by atoms with Gasteiger partial charge in [-0.05, 0) is 50.1 Å². The maximum absolute atomic E-state index is 12.0. The Hall–Kier alpha value is -3.61. The predicted octanol–water partition coefficient (Wildman–Crippen LogP) is 4.63. The second-order valence-corrected chi connectivity index (χ2v) is 7.01. The van der Waals surface area contributed by atoms with Crippen LogP contribution in [0.1, 0.15) is 18.7 Å². The van der Waals surface area contributed by atoms with Gasteiger partial charge >= 0.3 is 0 Å². The highest BCUT2D eigenvalue weighted by atomic mass is 16.5. The Morgan fingerprint density at radius 3 is 2.21 bits per heavy atom. The molecule has 0 atom stereocenters. The van der Waals surface area contributed by atoms with E-state index in [4.69, 9.17) is 4.74 Å². The number of nitrogens with zero attached hydrogens (tertiary/aromatic N) is 2. The summed E-state index contributed by atoms with van der Waals surface area (Å²) in [4.78, 5) is 20.9. The highest BCUT2D eigenvalue weighted by molar-refractivity contribution is 5.94. The predicted molar refractivity (Wildman–Crippen MR) is 114 cm³/mol. The Morgan fingerprint density at radius 2 is 1.55 bits per heavy atom. The minimum atomic E-state index is 0.0878. The molecule has 1 aliphatic carbocycles. The van der Waals surface area contributed by atoms with Crippen molar-refractivity contribution in [1.82, 2.24) is 9.97 Å². The molecule has 1 amide bonds. The second-order valence-electron chi connectivity index (χ2n) is 7.01. The van der Waals surface area contributed by atoms with Gasteiger partial charge in [-0.1, -0.05) is 12.1 Å². The summed E-state index contributed by atoms with van der Waals surface area (Å²) in [6, 6.07) is 17.1. The van der Waals surface area contributed by atoms with E-state index in [9.17, 15) is 4.79 Å². The normalized spacial score (nSPS) is 12.9. The van der Waals surface area contributed by atoms with E-state index in [1.54, 1.807) is 7.11 Å². The summed E-state index contributed by atoms with van der Waals surface area (Å²) in [6.45, 7) is 1.84. The first-order valence-corrected chi connectivity index (χ1v) is 9.54. The third-order valence-electron chi connectivity index (χ3n) is 4.53. The summed E-state index contributed by atoms with van der Waals surface area (Å²) < 4.78 is 5.26. The van der Waals surface area contributed by atoms with Crippen LogP contribution in [0.15, 0.2) is 54.6 Å². The zero-order valence-corrected chi connectivity index (χ0v) is 16.4. The number of amides is 1. The Morgan fingerprint density at radius 1 is 0.931 bits per heavy atom. The van der Waals surface area contributed by atoms with Crippen LogP contribution < -0.4 is 20.7 Å². The molecule has 0 aliphatic heterocycles. The Labute approximate surface area is 169 Å². The largest absolute Gasteiger partial charge is 0.497 e. The molecular formula is C22H23N5O2. The Bertz CT molecular complexity index is 1030. The number of rotatable bonds is 7. The lowest BCUT2D eigenvalue weighted by Crippen LogP contribution is -2.13. The molecule has 7 heteroatoms. The average molecular weight is 389 g/mol. The number of nitrogens with one attached hydrogen (secondary N) is 3. The van der Waals surface area contributed by atoms with Crippen molar-refractivity contribution in [3.05, 3.63) is 60.4 Å². The smallest absolute Gasteiger partial charge is 0.227 e. The zero-order valence-electron chi connectivity index (χ0n) is 16.4. The zero-order chi connectivity index (χ0) is 20.2. The third-order valence-corrected chi connectivity index (χ3v) is 4.53. The van der Waals surface area contributed by atoms with Crippen molar-refractivity contribution in [3.8, 4) is 5.75 Å².